The molecular formula is C20H23NO4. The van der Waals surface area contributed by atoms with Crippen molar-refractivity contribution in [1.29, 1.82) is 0 Å². The maximum absolute atomic E-state index is 12.3. The molecule has 1 amide bonds. The van der Waals surface area contributed by atoms with Crippen LogP contribution in [0.2, 0.25) is 0 Å². The number of carboxylic acid groups (broad SMARTS) is 1. The van der Waals surface area contributed by atoms with E-state index in [-0.39, 0.29) is 17.9 Å². The van der Waals surface area contributed by atoms with Crippen molar-refractivity contribution in [3.8, 4) is 5.75 Å². The maximum atomic E-state index is 12.3. The second-order valence-electron chi connectivity index (χ2n) is 6.78. The zero-order chi connectivity index (χ0) is 18.4. The average molecular weight is 341 g/mol. The van der Waals surface area contributed by atoms with Crippen LogP contribution in [0.5, 0.6) is 5.75 Å². The maximum Gasteiger partial charge on any atom is 0.303 e. The van der Waals surface area contributed by atoms with Crippen molar-refractivity contribution < 1.29 is 19.4 Å². The van der Waals surface area contributed by atoms with Crippen LogP contribution >= 0.6 is 0 Å². The number of rotatable bonds is 6. The lowest BCUT2D eigenvalue weighted by atomic mass is 10.1. The molecule has 2 N–H and O–H groups in total. The van der Waals surface area contributed by atoms with Crippen molar-refractivity contribution in [3.63, 3.8) is 0 Å². The number of ether oxygens (including phenoxy) is 1. The number of amides is 1. The van der Waals surface area contributed by atoms with Gasteiger partial charge >= 0.3 is 5.97 Å². The Bertz CT molecular complexity index is 728. The molecule has 0 aromatic heterocycles. The van der Waals surface area contributed by atoms with Crippen molar-refractivity contribution in [3.05, 3.63) is 59.7 Å². The van der Waals surface area contributed by atoms with Gasteiger partial charge < -0.3 is 15.2 Å². The third kappa shape index (κ3) is 6.30. The number of carbonyl (C=O) groups excluding carboxylic acids is 1. The molecule has 0 saturated carbocycles. The average Bonchev–Trinajstić information content (AvgIpc) is 2.53. The van der Waals surface area contributed by atoms with Gasteiger partial charge in [-0.3, -0.25) is 9.59 Å². The highest BCUT2D eigenvalue weighted by Gasteiger charge is 2.12. The first-order chi connectivity index (χ1) is 11.7. The molecule has 0 spiro atoms. The van der Waals surface area contributed by atoms with Gasteiger partial charge in [-0.05, 0) is 69.2 Å². The Hall–Kier alpha value is -2.82. The molecule has 25 heavy (non-hydrogen) atoms. The Morgan fingerprint density at radius 2 is 1.60 bits per heavy atom. The largest absolute Gasteiger partial charge is 0.488 e. The molecular weight excluding hydrogens is 318 g/mol. The molecule has 0 aliphatic rings. The molecule has 0 aliphatic carbocycles. The monoisotopic (exact) mass is 341 g/mol. The van der Waals surface area contributed by atoms with Crippen LogP contribution in [0.4, 0.5) is 5.69 Å². The molecule has 0 radical (unpaired) electrons. The van der Waals surface area contributed by atoms with E-state index in [0.717, 1.165) is 5.56 Å². The van der Waals surface area contributed by atoms with Crippen molar-refractivity contribution in [2.24, 2.45) is 0 Å². The summed E-state index contributed by atoms with van der Waals surface area (Å²) in [7, 11) is 0. The summed E-state index contributed by atoms with van der Waals surface area (Å²) in [5.41, 5.74) is 1.84. The summed E-state index contributed by atoms with van der Waals surface area (Å²) in [5, 5.41) is 11.5. The van der Waals surface area contributed by atoms with Gasteiger partial charge in [-0.2, -0.15) is 0 Å². The van der Waals surface area contributed by atoms with Gasteiger partial charge in [0.15, 0.2) is 0 Å². The minimum Gasteiger partial charge on any atom is -0.488 e. The minimum atomic E-state index is -0.823. The fourth-order valence-corrected chi connectivity index (χ4v) is 2.24. The van der Waals surface area contributed by atoms with Gasteiger partial charge in [-0.1, -0.05) is 12.1 Å². The Kier molecular flexibility index (Phi) is 5.80. The van der Waals surface area contributed by atoms with Crippen LogP contribution in [0.25, 0.3) is 0 Å². The van der Waals surface area contributed by atoms with Crippen molar-refractivity contribution >= 4 is 17.6 Å². The molecule has 2 aromatic rings. The van der Waals surface area contributed by atoms with Gasteiger partial charge in [-0.25, -0.2) is 0 Å². The van der Waals surface area contributed by atoms with Crippen LogP contribution in [0.1, 0.15) is 43.1 Å². The van der Waals surface area contributed by atoms with Crippen LogP contribution in [0.15, 0.2) is 48.5 Å². The fraction of sp³-hybridized carbons (Fsp3) is 0.300. The first kappa shape index (κ1) is 18.5. The summed E-state index contributed by atoms with van der Waals surface area (Å²) in [6.45, 7) is 5.90. The smallest absolute Gasteiger partial charge is 0.303 e. The number of aliphatic carboxylic acids is 1. The summed E-state index contributed by atoms with van der Waals surface area (Å²) in [6, 6.07) is 14.2. The predicted molar refractivity (Wildman–Crippen MR) is 97.2 cm³/mol. The molecule has 0 bridgehead atoms. The van der Waals surface area contributed by atoms with Crippen molar-refractivity contribution in [2.45, 2.75) is 39.2 Å². The fourth-order valence-electron chi connectivity index (χ4n) is 2.24. The van der Waals surface area contributed by atoms with Crippen molar-refractivity contribution in [2.75, 3.05) is 5.32 Å². The first-order valence-corrected chi connectivity index (χ1v) is 8.14. The number of benzene rings is 2. The topological polar surface area (TPSA) is 75.6 Å². The molecule has 0 fully saturated rings. The molecule has 2 rings (SSSR count). The molecule has 0 aliphatic heterocycles. The lowest BCUT2D eigenvalue weighted by molar-refractivity contribution is -0.136. The van der Waals surface area contributed by atoms with E-state index in [4.69, 9.17) is 9.84 Å². The van der Waals surface area contributed by atoms with E-state index < -0.39 is 5.97 Å². The van der Waals surface area contributed by atoms with Crippen molar-refractivity contribution in [1.82, 2.24) is 0 Å². The van der Waals surface area contributed by atoms with Crippen LogP contribution in [-0.4, -0.2) is 22.6 Å². The number of carboxylic acids is 1. The molecule has 0 atom stereocenters. The number of carbonyl (C=O) groups is 2. The predicted octanol–water partition coefficient (Wildman–Crippen LogP) is 4.13. The quantitative estimate of drug-likeness (QED) is 0.828. The number of anilines is 1. The zero-order valence-electron chi connectivity index (χ0n) is 14.7. The van der Waals surface area contributed by atoms with E-state index in [2.05, 4.69) is 5.32 Å². The van der Waals surface area contributed by atoms with E-state index >= 15 is 0 Å². The number of hydrogen-bond acceptors (Lipinski definition) is 3. The molecule has 5 heteroatoms. The number of hydrogen-bond donors (Lipinski definition) is 2. The van der Waals surface area contributed by atoms with E-state index in [9.17, 15) is 9.59 Å². The summed E-state index contributed by atoms with van der Waals surface area (Å²) >= 11 is 0. The van der Waals surface area contributed by atoms with Gasteiger partial charge in [0, 0.05) is 17.7 Å². The lowest BCUT2D eigenvalue weighted by Crippen LogP contribution is -2.23. The highest BCUT2D eigenvalue weighted by Crippen LogP contribution is 2.19. The Balaban J connectivity index is 1.96. The van der Waals surface area contributed by atoms with Gasteiger partial charge in [-0.15, -0.1) is 0 Å². The zero-order valence-corrected chi connectivity index (χ0v) is 14.7. The Morgan fingerprint density at radius 1 is 1.00 bits per heavy atom. The van der Waals surface area contributed by atoms with Crippen LogP contribution in [0, 0.1) is 0 Å². The van der Waals surface area contributed by atoms with E-state index in [1.807, 2.05) is 32.9 Å². The van der Waals surface area contributed by atoms with E-state index in [1.165, 1.54) is 0 Å². The summed E-state index contributed by atoms with van der Waals surface area (Å²) < 4.78 is 5.73. The summed E-state index contributed by atoms with van der Waals surface area (Å²) in [6.07, 6.45) is 0.563. The SMILES string of the molecule is CC(C)(C)Oc1ccc(C(=O)Nc2ccc(CCC(=O)O)cc2)cc1. The van der Waals surface area contributed by atoms with Crippen LogP contribution in [-0.2, 0) is 11.2 Å². The van der Waals surface area contributed by atoms with Gasteiger partial charge in [0.05, 0.1) is 0 Å². The Labute approximate surface area is 147 Å². The molecule has 132 valence electrons. The molecule has 2 aromatic carbocycles. The van der Waals surface area contributed by atoms with E-state index in [0.29, 0.717) is 23.4 Å². The molecule has 0 heterocycles. The first-order valence-electron chi connectivity index (χ1n) is 8.14. The minimum absolute atomic E-state index is 0.0920. The number of nitrogens with one attached hydrogen (secondary N) is 1. The highest BCUT2D eigenvalue weighted by molar-refractivity contribution is 6.04. The summed E-state index contributed by atoms with van der Waals surface area (Å²) in [5.74, 6) is -0.316. The summed E-state index contributed by atoms with van der Waals surface area (Å²) in [4.78, 5) is 22.9. The third-order valence-electron chi connectivity index (χ3n) is 3.38. The highest BCUT2D eigenvalue weighted by atomic mass is 16.5. The van der Waals surface area contributed by atoms with Gasteiger partial charge in [0.1, 0.15) is 11.4 Å². The van der Waals surface area contributed by atoms with Crippen LogP contribution < -0.4 is 10.1 Å². The normalized spacial score (nSPS) is 11.0. The third-order valence-corrected chi connectivity index (χ3v) is 3.38. The van der Waals surface area contributed by atoms with E-state index in [1.54, 1.807) is 36.4 Å². The second kappa shape index (κ2) is 7.83. The Morgan fingerprint density at radius 3 is 2.12 bits per heavy atom. The standard InChI is InChI=1S/C20H23NO4/c1-20(2,3)25-17-11-7-15(8-12-17)19(24)21-16-9-4-14(5-10-16)6-13-18(22)23/h4-5,7-12H,6,13H2,1-3H3,(H,21,24)(H,22,23). The second-order valence-corrected chi connectivity index (χ2v) is 6.78. The molecule has 0 unspecified atom stereocenters. The molecule has 5 nitrogen and oxygen atoms in total. The number of aryl methyl sites for hydroxylation is 1. The lowest BCUT2D eigenvalue weighted by Gasteiger charge is -2.21. The van der Waals surface area contributed by atoms with Crippen LogP contribution in [0.3, 0.4) is 0 Å². The van der Waals surface area contributed by atoms with Gasteiger partial charge in [0.2, 0.25) is 0 Å². The van der Waals surface area contributed by atoms with Gasteiger partial charge in [0.25, 0.3) is 5.91 Å². The molecule has 0 saturated heterocycles.